The van der Waals surface area contributed by atoms with Crippen LogP contribution in [0.25, 0.3) is 0 Å². The fourth-order valence-corrected chi connectivity index (χ4v) is 0.528. The zero-order valence-corrected chi connectivity index (χ0v) is 7.01. The van der Waals surface area contributed by atoms with Crippen LogP contribution in [0.5, 0.6) is 0 Å². The largest absolute Gasteiger partial charge is 0.390 e. The summed E-state index contributed by atoms with van der Waals surface area (Å²) in [6, 6.07) is 0. The molecule has 0 aliphatic rings. The lowest BCUT2D eigenvalue weighted by Gasteiger charge is -1.88. The quantitative estimate of drug-likeness (QED) is 0.348. The Morgan fingerprint density at radius 3 is 2.30 bits per heavy atom. The molecule has 3 nitrogen and oxygen atoms in total. The molecule has 0 rings (SSSR count). The van der Waals surface area contributed by atoms with Crippen LogP contribution in [-0.2, 0) is 0 Å². The number of hydrogen-bond donors (Lipinski definition) is 2. The van der Waals surface area contributed by atoms with Gasteiger partial charge in [0.2, 0.25) is 0 Å². The van der Waals surface area contributed by atoms with E-state index >= 15 is 0 Å². The second-order valence-corrected chi connectivity index (χ2v) is 1.76. The Bertz CT molecular complexity index is 61.9. The van der Waals surface area contributed by atoms with E-state index in [-0.39, 0.29) is 0 Å². The van der Waals surface area contributed by atoms with Crippen LogP contribution in [-0.4, -0.2) is 19.9 Å². The van der Waals surface area contributed by atoms with E-state index in [9.17, 15) is 0 Å². The van der Waals surface area contributed by atoms with Gasteiger partial charge in [0, 0.05) is 6.54 Å². The molecule has 0 unspecified atom stereocenters. The van der Waals surface area contributed by atoms with Crippen molar-refractivity contribution in [2.75, 3.05) is 13.6 Å². The Morgan fingerprint density at radius 1 is 1.30 bits per heavy atom. The van der Waals surface area contributed by atoms with Crippen LogP contribution in [0.1, 0.15) is 26.2 Å². The number of rotatable bonds is 4. The lowest BCUT2D eigenvalue weighted by atomic mass is 10.2. The minimum absolute atomic E-state index is 0.893. The van der Waals surface area contributed by atoms with Crippen LogP contribution in [0.15, 0.2) is 4.99 Å². The van der Waals surface area contributed by atoms with Gasteiger partial charge in [-0.05, 0) is 13.5 Å². The number of aliphatic imine (C=N–C) groups is 1. The van der Waals surface area contributed by atoms with E-state index in [1.165, 1.54) is 32.6 Å². The molecule has 0 saturated heterocycles. The Morgan fingerprint density at radius 2 is 1.90 bits per heavy atom. The van der Waals surface area contributed by atoms with Crippen molar-refractivity contribution in [2.45, 2.75) is 26.2 Å². The maximum absolute atomic E-state index is 5.02. The smallest absolute Gasteiger partial charge is 0.0797 e. The molecule has 0 aromatic heterocycles. The zero-order valence-electron chi connectivity index (χ0n) is 7.01. The maximum Gasteiger partial charge on any atom is 0.0797 e. The number of unbranched alkanes of at least 4 members (excludes halogenated alkanes) is 2. The summed E-state index contributed by atoms with van der Waals surface area (Å²) in [4.78, 5) is 3.86. The van der Waals surface area contributed by atoms with Crippen molar-refractivity contribution in [3.63, 3.8) is 0 Å². The van der Waals surface area contributed by atoms with Gasteiger partial charge >= 0.3 is 0 Å². The molecule has 10 heavy (non-hydrogen) atoms. The fourth-order valence-electron chi connectivity index (χ4n) is 0.528. The molecule has 62 valence electrons. The molecule has 0 aliphatic heterocycles. The van der Waals surface area contributed by atoms with Crippen LogP contribution in [0.4, 0.5) is 0 Å². The third kappa shape index (κ3) is 15.7. The summed E-state index contributed by atoms with van der Waals surface area (Å²) in [5.74, 6) is 0. The molecule has 4 N–H and O–H groups in total. The Hall–Kier alpha value is -0.570. The van der Waals surface area contributed by atoms with Crippen LogP contribution >= 0.6 is 0 Å². The van der Waals surface area contributed by atoms with Gasteiger partial charge < -0.3 is 11.5 Å². The summed E-state index contributed by atoms with van der Waals surface area (Å²) < 4.78 is 0. The van der Waals surface area contributed by atoms with E-state index in [0.717, 1.165) is 6.54 Å². The zero-order chi connectivity index (χ0) is 8.24. The minimum Gasteiger partial charge on any atom is -0.390 e. The van der Waals surface area contributed by atoms with Crippen molar-refractivity contribution in [1.82, 2.24) is 0 Å². The molecule has 0 radical (unpaired) electrons. The van der Waals surface area contributed by atoms with Crippen molar-refractivity contribution in [3.8, 4) is 0 Å². The average molecular weight is 145 g/mol. The summed E-state index contributed by atoms with van der Waals surface area (Å²) in [6.45, 7) is 3.07. The van der Waals surface area contributed by atoms with Gasteiger partial charge in [-0.3, -0.25) is 4.99 Å². The normalized spacial score (nSPS) is 9.10. The first-order valence-electron chi connectivity index (χ1n) is 3.69. The molecular weight excluding hydrogens is 126 g/mol. The van der Waals surface area contributed by atoms with Gasteiger partial charge in [-0.1, -0.05) is 19.8 Å². The molecule has 0 aromatic rings. The number of nitrogens with zero attached hydrogens (tertiary/aromatic N) is 1. The predicted octanol–water partition coefficient (Wildman–Crippen LogP) is 0.739. The minimum atomic E-state index is 0.893. The summed E-state index contributed by atoms with van der Waals surface area (Å²) in [5, 5.41) is 0. The van der Waals surface area contributed by atoms with E-state index in [1.807, 2.05) is 0 Å². The van der Waals surface area contributed by atoms with E-state index in [2.05, 4.69) is 17.6 Å². The van der Waals surface area contributed by atoms with Crippen LogP contribution in [0.3, 0.4) is 0 Å². The summed E-state index contributed by atoms with van der Waals surface area (Å²) in [6.07, 6.45) is 5.05. The monoisotopic (exact) mass is 145 g/mol. The SMILES string of the molecule is CCCCCN=CN.CN. The van der Waals surface area contributed by atoms with Crippen LogP contribution in [0.2, 0.25) is 0 Å². The second kappa shape index (κ2) is 15.8. The van der Waals surface area contributed by atoms with Crippen LogP contribution in [0, 0.1) is 0 Å². The van der Waals surface area contributed by atoms with E-state index in [4.69, 9.17) is 5.73 Å². The molecule has 0 heterocycles. The van der Waals surface area contributed by atoms with E-state index < -0.39 is 0 Å². The average Bonchev–Trinajstić information content (AvgIpc) is 2.02. The Balaban J connectivity index is 0. The number of nitrogens with two attached hydrogens (primary N) is 2. The molecule has 0 saturated carbocycles. The van der Waals surface area contributed by atoms with Crippen molar-refractivity contribution >= 4 is 6.34 Å². The highest BCUT2D eigenvalue weighted by Gasteiger charge is 1.79. The molecule has 0 amide bonds. The van der Waals surface area contributed by atoms with Crippen molar-refractivity contribution < 1.29 is 0 Å². The molecule has 0 atom stereocenters. The van der Waals surface area contributed by atoms with Gasteiger partial charge in [0.25, 0.3) is 0 Å². The standard InChI is InChI=1S/C6H14N2.CH5N/c1-2-3-4-5-8-6-7;1-2/h6H,2-5H2,1H3,(H2,7,8);2H2,1H3. The molecule has 0 aliphatic carbocycles. The summed E-state index contributed by atoms with van der Waals surface area (Å²) >= 11 is 0. The predicted molar refractivity (Wildman–Crippen MR) is 47.2 cm³/mol. The molecule has 0 aromatic carbocycles. The topological polar surface area (TPSA) is 64.4 Å². The van der Waals surface area contributed by atoms with Gasteiger partial charge in [0.15, 0.2) is 0 Å². The first kappa shape index (κ1) is 12.1. The first-order valence-corrected chi connectivity index (χ1v) is 3.69. The molecular formula is C7H19N3. The fraction of sp³-hybridized carbons (Fsp3) is 0.857. The van der Waals surface area contributed by atoms with Gasteiger partial charge in [-0.15, -0.1) is 0 Å². The van der Waals surface area contributed by atoms with Gasteiger partial charge in [0.05, 0.1) is 6.34 Å². The summed E-state index contributed by atoms with van der Waals surface area (Å²) in [5.41, 5.74) is 9.52. The second-order valence-electron chi connectivity index (χ2n) is 1.76. The third-order valence-electron chi connectivity index (χ3n) is 0.996. The van der Waals surface area contributed by atoms with Crippen molar-refractivity contribution in [2.24, 2.45) is 16.5 Å². The van der Waals surface area contributed by atoms with Gasteiger partial charge in [-0.2, -0.15) is 0 Å². The molecule has 3 heteroatoms. The van der Waals surface area contributed by atoms with Gasteiger partial charge in [-0.25, -0.2) is 0 Å². The van der Waals surface area contributed by atoms with Crippen LogP contribution < -0.4 is 11.5 Å². The lowest BCUT2D eigenvalue weighted by molar-refractivity contribution is 0.729. The molecule has 0 bridgehead atoms. The first-order chi connectivity index (χ1) is 4.91. The Labute approximate surface area is 63.5 Å². The van der Waals surface area contributed by atoms with Crippen molar-refractivity contribution in [3.05, 3.63) is 0 Å². The lowest BCUT2D eigenvalue weighted by Crippen LogP contribution is -1.90. The summed E-state index contributed by atoms with van der Waals surface area (Å²) in [7, 11) is 1.50. The third-order valence-corrected chi connectivity index (χ3v) is 0.996. The highest BCUT2D eigenvalue weighted by atomic mass is 14.8. The highest BCUT2D eigenvalue weighted by molar-refractivity contribution is 5.50. The van der Waals surface area contributed by atoms with Gasteiger partial charge in [0.1, 0.15) is 0 Å². The highest BCUT2D eigenvalue weighted by Crippen LogP contribution is 1.92. The molecule has 0 spiro atoms. The van der Waals surface area contributed by atoms with E-state index in [0.29, 0.717) is 0 Å². The molecule has 0 fully saturated rings. The number of hydrogen-bond acceptors (Lipinski definition) is 2. The Kier molecular flexibility index (Phi) is 19.2. The van der Waals surface area contributed by atoms with E-state index in [1.54, 1.807) is 0 Å². The maximum atomic E-state index is 5.02. The van der Waals surface area contributed by atoms with Crippen molar-refractivity contribution in [1.29, 1.82) is 0 Å².